The number of aliphatic hydroxyl groups excluding tert-OH is 1. The Morgan fingerprint density at radius 2 is 1.67 bits per heavy atom. The van der Waals surface area contributed by atoms with Crippen LogP contribution in [0.5, 0.6) is 0 Å². The van der Waals surface area contributed by atoms with Crippen LogP contribution in [0.25, 0.3) is 0 Å². The first kappa shape index (κ1) is 22.6. The molecule has 1 aliphatic carbocycles. The van der Waals surface area contributed by atoms with Gasteiger partial charge in [0, 0.05) is 31.3 Å². The van der Waals surface area contributed by atoms with Crippen LogP contribution >= 0.6 is 0 Å². The smallest absolute Gasteiger partial charge is 0.328 e. The summed E-state index contributed by atoms with van der Waals surface area (Å²) in [5.41, 5.74) is 0. The van der Waals surface area contributed by atoms with Gasteiger partial charge in [-0.15, -0.1) is 0 Å². The minimum Gasteiger partial charge on any atom is -0.478 e. The molecule has 1 aliphatic rings. The van der Waals surface area contributed by atoms with Gasteiger partial charge in [0.25, 0.3) is 0 Å². The minimum atomic E-state index is -1.26. The number of hydrogen-bond acceptors (Lipinski definition) is 5. The fourth-order valence-corrected chi connectivity index (χ4v) is 2.30. The van der Waals surface area contributed by atoms with E-state index in [9.17, 15) is 14.7 Å². The topological polar surface area (TPSA) is 116 Å². The highest BCUT2D eigenvalue weighted by molar-refractivity contribution is 5.89. The lowest BCUT2D eigenvalue weighted by atomic mass is 9.90. The molecule has 24 heavy (non-hydrogen) atoms. The van der Waals surface area contributed by atoms with Crippen molar-refractivity contribution in [3.05, 3.63) is 12.2 Å². The molecular formula is C17H31NO6. The zero-order chi connectivity index (χ0) is 18.4. The van der Waals surface area contributed by atoms with Crippen molar-refractivity contribution in [1.29, 1.82) is 0 Å². The Balaban J connectivity index is 0.000000561. The Morgan fingerprint density at radius 3 is 2.12 bits per heavy atom. The molecule has 1 fully saturated rings. The molecule has 7 heteroatoms. The van der Waals surface area contributed by atoms with Crippen LogP contribution in [0.2, 0.25) is 0 Å². The maximum atomic E-state index is 9.64. The number of nitrogens with one attached hydrogen (secondary N) is 1. The standard InChI is InChI=1S/C13H27NO2.C4H4O4/c1-11(2)14-8-13(15)10-16-9-12-6-4-3-5-7-12;5-3(6)1-2-4(7)8/h11-15H,3-10H2,1-2H3;1-2H,(H,5,6)(H,7,8)/b;2-1+. The highest BCUT2D eigenvalue weighted by atomic mass is 16.5. The van der Waals surface area contributed by atoms with Crippen molar-refractivity contribution in [2.24, 2.45) is 5.92 Å². The molecule has 0 aromatic heterocycles. The average Bonchev–Trinajstić information content (AvgIpc) is 2.52. The maximum Gasteiger partial charge on any atom is 0.328 e. The van der Waals surface area contributed by atoms with Crippen molar-refractivity contribution in [2.75, 3.05) is 19.8 Å². The lowest BCUT2D eigenvalue weighted by molar-refractivity contribution is -0.134. The first-order valence-corrected chi connectivity index (χ1v) is 8.44. The Bertz CT molecular complexity index is 361. The molecule has 0 aromatic rings. The summed E-state index contributed by atoms with van der Waals surface area (Å²) in [6.07, 6.45) is 7.45. The molecule has 0 aliphatic heterocycles. The molecule has 0 bridgehead atoms. The van der Waals surface area contributed by atoms with Gasteiger partial charge in [0.1, 0.15) is 0 Å². The maximum absolute atomic E-state index is 9.64. The summed E-state index contributed by atoms with van der Waals surface area (Å²) in [7, 11) is 0. The largest absolute Gasteiger partial charge is 0.478 e. The summed E-state index contributed by atoms with van der Waals surface area (Å²) in [5, 5.41) is 28.5. The van der Waals surface area contributed by atoms with Crippen LogP contribution in [0.1, 0.15) is 46.0 Å². The number of carbonyl (C=O) groups is 2. The zero-order valence-corrected chi connectivity index (χ0v) is 14.6. The van der Waals surface area contributed by atoms with E-state index < -0.39 is 11.9 Å². The molecule has 0 spiro atoms. The monoisotopic (exact) mass is 345 g/mol. The first-order valence-electron chi connectivity index (χ1n) is 8.44. The van der Waals surface area contributed by atoms with Crippen LogP contribution in [0, 0.1) is 5.92 Å². The second-order valence-corrected chi connectivity index (χ2v) is 6.27. The van der Waals surface area contributed by atoms with E-state index in [0.29, 0.717) is 31.3 Å². The van der Waals surface area contributed by atoms with Crippen molar-refractivity contribution in [3.8, 4) is 0 Å². The number of carboxylic acids is 2. The molecule has 0 saturated heterocycles. The van der Waals surface area contributed by atoms with Crippen molar-refractivity contribution >= 4 is 11.9 Å². The van der Waals surface area contributed by atoms with Crippen LogP contribution < -0.4 is 5.32 Å². The van der Waals surface area contributed by atoms with Crippen LogP contribution in [-0.4, -0.2) is 59.2 Å². The number of carboxylic acid groups (broad SMARTS) is 2. The van der Waals surface area contributed by atoms with Gasteiger partial charge in [-0.2, -0.15) is 0 Å². The molecule has 0 amide bonds. The third kappa shape index (κ3) is 15.5. The molecule has 1 unspecified atom stereocenters. The number of ether oxygens (including phenoxy) is 1. The summed E-state index contributed by atoms with van der Waals surface area (Å²) >= 11 is 0. The van der Waals surface area contributed by atoms with E-state index in [0.717, 1.165) is 12.5 Å². The van der Waals surface area contributed by atoms with E-state index in [1.54, 1.807) is 0 Å². The van der Waals surface area contributed by atoms with Gasteiger partial charge < -0.3 is 25.4 Å². The van der Waals surface area contributed by atoms with Crippen molar-refractivity contribution < 1.29 is 29.6 Å². The van der Waals surface area contributed by atoms with Gasteiger partial charge in [-0.25, -0.2) is 9.59 Å². The molecule has 7 nitrogen and oxygen atoms in total. The first-order chi connectivity index (χ1) is 11.3. The summed E-state index contributed by atoms with van der Waals surface area (Å²) in [4.78, 5) is 19.1. The van der Waals surface area contributed by atoms with Crippen molar-refractivity contribution in [1.82, 2.24) is 5.32 Å². The second kappa shape index (κ2) is 13.9. The van der Waals surface area contributed by atoms with Gasteiger partial charge in [0.15, 0.2) is 0 Å². The average molecular weight is 345 g/mol. The normalized spacial score (nSPS) is 16.7. The fourth-order valence-electron chi connectivity index (χ4n) is 2.30. The molecule has 1 rings (SSSR count). The lowest BCUT2D eigenvalue weighted by Gasteiger charge is -2.22. The molecule has 0 radical (unpaired) electrons. The van der Waals surface area contributed by atoms with E-state index in [2.05, 4.69) is 19.2 Å². The third-order valence-corrected chi connectivity index (χ3v) is 3.52. The molecule has 140 valence electrons. The highest BCUT2D eigenvalue weighted by Crippen LogP contribution is 2.23. The van der Waals surface area contributed by atoms with Gasteiger partial charge in [0.2, 0.25) is 0 Å². The van der Waals surface area contributed by atoms with Gasteiger partial charge in [0.05, 0.1) is 12.7 Å². The molecular weight excluding hydrogens is 314 g/mol. The molecule has 4 N–H and O–H groups in total. The van der Waals surface area contributed by atoms with E-state index in [1.165, 1.54) is 32.1 Å². The van der Waals surface area contributed by atoms with Crippen LogP contribution in [-0.2, 0) is 14.3 Å². The Hall–Kier alpha value is -1.44. The SMILES string of the molecule is CC(C)NCC(O)COCC1CCCCC1.O=C(O)/C=C/C(=O)O. The lowest BCUT2D eigenvalue weighted by Crippen LogP contribution is -2.34. The third-order valence-electron chi connectivity index (χ3n) is 3.52. The predicted molar refractivity (Wildman–Crippen MR) is 91.0 cm³/mol. The van der Waals surface area contributed by atoms with Crippen molar-refractivity contribution in [3.63, 3.8) is 0 Å². The summed E-state index contributed by atoms with van der Waals surface area (Å²) in [5.74, 6) is -1.78. The molecule has 1 atom stereocenters. The second-order valence-electron chi connectivity index (χ2n) is 6.27. The summed E-state index contributed by atoms with van der Waals surface area (Å²) in [6.45, 7) is 6.09. The Kier molecular flexibility index (Phi) is 13.1. The molecule has 0 aromatic carbocycles. The zero-order valence-electron chi connectivity index (χ0n) is 14.6. The van der Waals surface area contributed by atoms with E-state index >= 15 is 0 Å². The summed E-state index contributed by atoms with van der Waals surface area (Å²) in [6, 6.07) is 0.424. The van der Waals surface area contributed by atoms with Gasteiger partial charge in [-0.05, 0) is 18.8 Å². The van der Waals surface area contributed by atoms with E-state index in [4.69, 9.17) is 14.9 Å². The summed E-state index contributed by atoms with van der Waals surface area (Å²) < 4.78 is 5.58. The number of aliphatic hydroxyl groups is 1. The Labute approximate surface area is 143 Å². The molecule has 0 heterocycles. The minimum absolute atomic E-state index is 0.369. The number of aliphatic carboxylic acids is 2. The van der Waals surface area contributed by atoms with Crippen LogP contribution in [0.3, 0.4) is 0 Å². The van der Waals surface area contributed by atoms with Crippen LogP contribution in [0.4, 0.5) is 0 Å². The molecule has 1 saturated carbocycles. The van der Waals surface area contributed by atoms with E-state index in [-0.39, 0.29) is 6.10 Å². The predicted octanol–water partition coefficient (Wildman–Crippen LogP) is 1.65. The van der Waals surface area contributed by atoms with Gasteiger partial charge in [-0.1, -0.05) is 33.1 Å². The highest BCUT2D eigenvalue weighted by Gasteiger charge is 2.14. The van der Waals surface area contributed by atoms with E-state index in [1.807, 2.05) is 0 Å². The number of rotatable bonds is 9. The van der Waals surface area contributed by atoms with Gasteiger partial charge in [-0.3, -0.25) is 0 Å². The number of hydrogen-bond donors (Lipinski definition) is 4. The van der Waals surface area contributed by atoms with Crippen molar-refractivity contribution in [2.45, 2.75) is 58.1 Å². The van der Waals surface area contributed by atoms with Crippen LogP contribution in [0.15, 0.2) is 12.2 Å². The quantitative estimate of drug-likeness (QED) is 0.470. The van der Waals surface area contributed by atoms with Gasteiger partial charge >= 0.3 is 11.9 Å². The fraction of sp³-hybridized carbons (Fsp3) is 0.765. The Morgan fingerprint density at radius 1 is 1.12 bits per heavy atom.